The number of H-pyrrole nitrogens is 2. The molecule has 29 heteroatoms. The van der Waals surface area contributed by atoms with Crippen LogP contribution in [0.15, 0.2) is 73.3 Å². The Labute approximate surface area is 473 Å². The highest BCUT2D eigenvalue weighted by Gasteiger charge is 2.38. The van der Waals surface area contributed by atoms with E-state index in [-0.39, 0.29) is 43.1 Å². The van der Waals surface area contributed by atoms with Crippen molar-refractivity contribution in [3.63, 3.8) is 0 Å². The summed E-state index contributed by atoms with van der Waals surface area (Å²) >= 11 is 0. The van der Waals surface area contributed by atoms with Gasteiger partial charge in [0.05, 0.1) is 37.2 Å². The molecule has 5 rings (SSSR count). The quantitative estimate of drug-likeness (QED) is 0.0625. The van der Waals surface area contributed by atoms with Gasteiger partial charge in [-0.1, -0.05) is 84.0 Å². The number of carboxylic acids is 1. The van der Waals surface area contributed by atoms with E-state index >= 15 is 0 Å². The minimum Gasteiger partial charge on any atom is -0.480 e. The topological polar surface area (TPSA) is 430 Å². The molecule has 3 unspecified atom stereocenters. The van der Waals surface area contributed by atoms with Crippen LogP contribution in [0.2, 0.25) is 0 Å². The Morgan fingerprint density at radius 1 is 0.593 bits per heavy atom. The van der Waals surface area contributed by atoms with Crippen LogP contribution in [0.5, 0.6) is 0 Å². The van der Waals surface area contributed by atoms with E-state index in [0.29, 0.717) is 27.7 Å². The lowest BCUT2D eigenvalue weighted by molar-refractivity contribution is -0.142. The molecule has 0 saturated carbocycles. The molecule has 0 radical (unpaired) electrons. The Morgan fingerprint density at radius 3 is 1.72 bits per heavy atom. The number of amides is 9. The molecule has 3 heterocycles. The van der Waals surface area contributed by atoms with Gasteiger partial charge in [0.1, 0.15) is 48.3 Å². The molecule has 2 aromatic carbocycles. The lowest BCUT2D eigenvalue weighted by atomic mass is 10.0. The number of aromatic amines is 2. The zero-order chi connectivity index (χ0) is 59.5. The van der Waals surface area contributed by atoms with Crippen LogP contribution in [0.1, 0.15) is 57.9 Å². The third kappa shape index (κ3) is 19.6. The second kappa shape index (κ2) is 30.9. The number of aromatic nitrogens is 3. The maximum absolute atomic E-state index is 14.5. The van der Waals surface area contributed by atoms with E-state index in [9.17, 15) is 68.4 Å². The Hall–Kier alpha value is -7.57. The zero-order valence-corrected chi connectivity index (χ0v) is 46.7. The molecule has 0 spiro atoms. The minimum atomic E-state index is -1.82. The number of hydrogen-bond acceptors (Lipinski definition) is 17. The van der Waals surface area contributed by atoms with Gasteiger partial charge in [-0.05, 0) is 50.3 Å². The van der Waals surface area contributed by atoms with Gasteiger partial charge in [0, 0.05) is 59.8 Å². The summed E-state index contributed by atoms with van der Waals surface area (Å²) in [5, 5.41) is 65.4. The summed E-state index contributed by atoms with van der Waals surface area (Å²) in [7, 11) is 1.84. The summed E-state index contributed by atoms with van der Waals surface area (Å²) in [6, 6.07) is 1.42. The molecule has 27 nitrogen and oxygen atoms in total. The zero-order valence-electron chi connectivity index (χ0n) is 45.1. The standard InChI is InChI=1S/C52H71N13O14S2/c1-25(2)15-35-46(72)62-39(52(78)79)23-81-80-22-33(53)44(70)63-43(28(5)68)51(77)65-42(27(4)67)50(76)61-38(18-31-20-54-24-57-31)47(73)59-37(17-30-19-55-34-14-10-9-13-32(30)34)45(71)56-21-40(69)58-36(16-29-11-7-6-8-12-29)48(74)64-41(26(3)66)49(75)60-35/h6-14,19-20,24-28,33,35-39,41-43,55,66-68H,15-18,21-23,53H2,1-5H3,(H,54,57)(H,56,71)(H,58,69)(H,59,73)(H,60,75)(H,61,76)(H,62,72)(H,63,70)(H,64,74)(H,65,77)(H,78,79)/t26-,27-,28-,33+,35?,36+,37+,38+,39+,41?,42?,43+/m1/s1. The highest BCUT2D eigenvalue weighted by molar-refractivity contribution is 8.76. The van der Waals surface area contributed by atoms with Crippen molar-refractivity contribution in [2.24, 2.45) is 11.7 Å². The Kier molecular flexibility index (Phi) is 24.5. The van der Waals surface area contributed by atoms with Crippen LogP contribution in [0.3, 0.4) is 0 Å². The molecular formula is C52H71N13O14S2. The van der Waals surface area contributed by atoms with Crippen LogP contribution in [0.25, 0.3) is 10.9 Å². The van der Waals surface area contributed by atoms with Crippen LogP contribution >= 0.6 is 21.6 Å². The number of aliphatic hydroxyl groups is 3. The summed E-state index contributed by atoms with van der Waals surface area (Å²) in [5.74, 6) is -11.1. The van der Waals surface area contributed by atoms with Crippen LogP contribution < -0.4 is 53.6 Å². The largest absolute Gasteiger partial charge is 0.480 e. The van der Waals surface area contributed by atoms with Gasteiger partial charge in [0.25, 0.3) is 0 Å². The predicted octanol–water partition coefficient (Wildman–Crippen LogP) is -3.09. The Balaban J connectivity index is 1.51. The van der Waals surface area contributed by atoms with Crippen LogP contribution in [-0.4, -0.2) is 185 Å². The predicted molar refractivity (Wildman–Crippen MR) is 298 cm³/mol. The molecule has 1 aliphatic rings. The van der Waals surface area contributed by atoms with E-state index in [2.05, 4.69) is 62.8 Å². The number of hydrogen-bond donors (Lipinski definition) is 16. The average Bonchev–Trinajstić information content (AvgIpc) is 4.11. The molecule has 0 bridgehead atoms. The van der Waals surface area contributed by atoms with Gasteiger partial charge < -0.3 is 84.0 Å². The summed E-state index contributed by atoms with van der Waals surface area (Å²) in [5.41, 5.74) is 8.27. The number of imidazole rings is 1. The number of nitrogens with one attached hydrogen (secondary N) is 11. The molecule has 1 fully saturated rings. The first-order valence-corrected chi connectivity index (χ1v) is 28.4. The van der Waals surface area contributed by atoms with Gasteiger partial charge in [0.15, 0.2) is 0 Å². The van der Waals surface area contributed by atoms with Crippen LogP contribution in [-0.2, 0) is 67.2 Å². The second-order valence-corrected chi connectivity index (χ2v) is 22.5. The third-order valence-electron chi connectivity index (χ3n) is 12.7. The number of fused-ring (bicyclic) bond motifs is 1. The van der Waals surface area contributed by atoms with Crippen molar-refractivity contribution < 1.29 is 68.4 Å². The Morgan fingerprint density at radius 2 is 1.11 bits per heavy atom. The molecular weight excluding hydrogens is 1090 g/mol. The highest BCUT2D eigenvalue weighted by Crippen LogP contribution is 2.23. The fraction of sp³-hybridized carbons (Fsp3) is 0.481. The van der Waals surface area contributed by atoms with Crippen LogP contribution in [0.4, 0.5) is 0 Å². The van der Waals surface area contributed by atoms with E-state index in [1.807, 2.05) is 0 Å². The van der Waals surface area contributed by atoms with Crippen molar-refractivity contribution in [1.82, 2.24) is 62.8 Å². The van der Waals surface area contributed by atoms with E-state index in [4.69, 9.17) is 5.73 Å². The monoisotopic (exact) mass is 1170 g/mol. The van der Waals surface area contributed by atoms with Gasteiger partial charge in [-0.15, -0.1) is 0 Å². The smallest absolute Gasteiger partial charge is 0.327 e. The Bertz CT molecular complexity index is 2820. The molecule has 1 aliphatic heterocycles. The molecule has 0 aliphatic carbocycles. The van der Waals surface area contributed by atoms with Gasteiger partial charge in [-0.25, -0.2) is 9.78 Å². The van der Waals surface area contributed by atoms with Gasteiger partial charge in [0.2, 0.25) is 53.2 Å². The average molecular weight is 1170 g/mol. The molecule has 440 valence electrons. The number of aliphatic carboxylic acids is 1. The summed E-state index contributed by atoms with van der Waals surface area (Å²) in [4.78, 5) is 148. The van der Waals surface area contributed by atoms with Crippen molar-refractivity contribution in [3.05, 3.63) is 90.1 Å². The number of aliphatic hydroxyl groups excluding tert-OH is 3. The molecule has 17 N–H and O–H groups in total. The number of carbonyl (C=O) groups is 10. The van der Waals surface area contributed by atoms with Gasteiger partial charge >= 0.3 is 5.97 Å². The van der Waals surface area contributed by atoms with Crippen molar-refractivity contribution in [2.75, 3.05) is 18.1 Å². The van der Waals surface area contributed by atoms with E-state index in [1.165, 1.54) is 19.4 Å². The number of carboxylic acid groups (broad SMARTS) is 1. The lowest BCUT2D eigenvalue weighted by Crippen LogP contribution is -2.63. The number of benzene rings is 2. The third-order valence-corrected chi connectivity index (χ3v) is 15.2. The fourth-order valence-electron chi connectivity index (χ4n) is 8.38. The summed E-state index contributed by atoms with van der Waals surface area (Å²) < 4.78 is 0. The molecule has 12 atom stereocenters. The first-order chi connectivity index (χ1) is 38.4. The number of rotatable bonds is 12. The lowest BCUT2D eigenvalue weighted by Gasteiger charge is -2.28. The van der Waals surface area contributed by atoms with Gasteiger partial charge in [-0.3, -0.25) is 43.2 Å². The minimum absolute atomic E-state index is 0.0227. The SMILES string of the molecule is CC(C)CC1NC(=O)C([C@@H](C)O)NC(=O)[C@H](Cc2ccccc2)NC(=O)CNC(=O)[C@H](Cc2c[nH]c3ccccc23)NC(=O)[C@H](Cc2cnc[nH]2)NC(=O)C([C@@H](C)O)NC(=O)[C@H]([C@@H](C)O)NC(=O)[C@@H](N)CSSC[C@@H](C(=O)O)NC1=O. The maximum Gasteiger partial charge on any atom is 0.327 e. The van der Waals surface area contributed by atoms with Crippen molar-refractivity contribution in [1.29, 1.82) is 0 Å². The molecule has 4 aromatic rings. The van der Waals surface area contributed by atoms with Crippen molar-refractivity contribution >= 4 is 91.6 Å². The summed E-state index contributed by atoms with van der Waals surface area (Å²) in [6.07, 6.45) is -1.20. The normalized spacial score (nSPS) is 25.6. The van der Waals surface area contributed by atoms with E-state index in [1.54, 1.807) is 74.6 Å². The maximum atomic E-state index is 14.5. The van der Waals surface area contributed by atoms with Crippen molar-refractivity contribution in [2.45, 2.75) is 133 Å². The van der Waals surface area contributed by atoms with Gasteiger partial charge in [-0.2, -0.15) is 0 Å². The molecule has 9 amide bonds. The first kappa shape index (κ1) is 64.3. The molecule has 81 heavy (non-hydrogen) atoms. The fourth-order valence-corrected chi connectivity index (χ4v) is 10.7. The first-order valence-electron chi connectivity index (χ1n) is 25.9. The number of para-hydroxylation sites is 1. The summed E-state index contributed by atoms with van der Waals surface area (Å²) in [6.45, 7) is 6.22. The number of nitrogens with zero attached hydrogens (tertiary/aromatic N) is 1. The van der Waals surface area contributed by atoms with E-state index in [0.717, 1.165) is 35.4 Å². The number of carbonyl (C=O) groups excluding carboxylic acids is 9. The second-order valence-electron chi connectivity index (χ2n) is 19.9. The van der Waals surface area contributed by atoms with E-state index < -0.39 is 138 Å². The molecule has 2 aromatic heterocycles. The van der Waals surface area contributed by atoms with Crippen molar-refractivity contribution in [3.8, 4) is 0 Å². The highest BCUT2D eigenvalue weighted by atomic mass is 33.1. The van der Waals surface area contributed by atoms with Crippen LogP contribution in [0, 0.1) is 5.92 Å². The molecule has 1 saturated heterocycles. The number of nitrogens with two attached hydrogens (primary N) is 1.